The number of carbonyl (C=O) groups is 3. The molecule has 1 saturated heterocycles. The number of rotatable bonds is 11. The zero-order chi connectivity index (χ0) is 38.9. The number of amides is 1. The van der Waals surface area contributed by atoms with Gasteiger partial charge in [0, 0.05) is 24.4 Å². The third-order valence-electron chi connectivity index (χ3n) is 17.8. The summed E-state index contributed by atoms with van der Waals surface area (Å²) < 4.78 is 6.30. The van der Waals surface area contributed by atoms with E-state index in [9.17, 15) is 19.5 Å². The maximum absolute atomic E-state index is 14.4. The fraction of sp³-hybridized carbons (Fsp3) is 0.851. The van der Waals surface area contributed by atoms with Gasteiger partial charge < -0.3 is 14.7 Å². The molecule has 5 aliphatic carbocycles. The van der Waals surface area contributed by atoms with Crippen LogP contribution in [0.4, 0.5) is 0 Å². The van der Waals surface area contributed by atoms with Crippen LogP contribution in [-0.2, 0) is 19.1 Å². The SMILES string of the molecule is C=C(C)CC[C@H]1CCCN1C(=O)C[C@]12CC[C@@H](C(=C)C)[C@@H]1[C@H]1CC[C@@H]3[C@@]4(C)CC[C@H](OC(=O)CC(C)(C)CC(=O)O)C(C)(C)[C@@H]4CC[C@@]3(C)[C@]1(C)CC2. The highest BCUT2D eigenvalue weighted by atomic mass is 16.5. The molecule has 6 heteroatoms. The number of carboxylic acids is 1. The standard InChI is InChI=1S/C47H75NO5/c1-30(2)14-15-32-13-12-26-48(32)38(49)27-47-23-18-33(31(3)4)41(47)34-16-17-36-44(9)21-20-37(53-40(52)29-42(5,6)28-39(50)51)43(7,8)35(44)19-22-46(36,11)45(34,10)24-25-47/h32-37,41H,1,3,12-29H2,2,4-11H3,(H,50,51)/t32-,33+,34-,35+,36-,37+,41-,44+,45-,46-,47-/m1/s1. The molecule has 53 heavy (non-hydrogen) atoms. The number of carboxylic acid groups (broad SMARTS) is 1. The maximum Gasteiger partial charge on any atom is 0.306 e. The van der Waals surface area contributed by atoms with Crippen molar-refractivity contribution in [2.24, 2.45) is 62.1 Å². The van der Waals surface area contributed by atoms with Crippen molar-refractivity contribution in [1.82, 2.24) is 4.90 Å². The van der Waals surface area contributed by atoms with Gasteiger partial charge in [-0.2, -0.15) is 0 Å². The minimum Gasteiger partial charge on any atom is -0.481 e. The molecule has 1 heterocycles. The zero-order valence-electron chi connectivity index (χ0n) is 35.2. The number of allylic oxidation sites excluding steroid dienone is 2. The predicted molar refractivity (Wildman–Crippen MR) is 213 cm³/mol. The van der Waals surface area contributed by atoms with Gasteiger partial charge in [-0.1, -0.05) is 66.2 Å². The number of esters is 1. The molecule has 6 nitrogen and oxygen atoms in total. The van der Waals surface area contributed by atoms with E-state index in [-0.39, 0.29) is 52.0 Å². The number of likely N-dealkylation sites (tertiary alicyclic amines) is 1. The number of nitrogens with zero attached hydrogens (tertiary/aromatic N) is 1. The molecule has 1 N–H and O–H groups in total. The van der Waals surface area contributed by atoms with E-state index in [1.165, 1.54) is 49.7 Å². The topological polar surface area (TPSA) is 83.9 Å². The van der Waals surface area contributed by atoms with Crippen LogP contribution in [-0.4, -0.2) is 46.5 Å². The average molecular weight is 734 g/mol. The number of ether oxygens (including phenoxy) is 1. The molecule has 0 aromatic rings. The lowest BCUT2D eigenvalue weighted by molar-refractivity contribution is -0.250. The second-order valence-corrected chi connectivity index (χ2v) is 21.9. The van der Waals surface area contributed by atoms with Gasteiger partial charge >= 0.3 is 11.9 Å². The first kappa shape index (κ1) is 40.6. The largest absolute Gasteiger partial charge is 0.481 e. The second kappa shape index (κ2) is 14.1. The fourth-order valence-electron chi connectivity index (χ4n) is 15.1. The molecule has 0 aromatic carbocycles. The first-order chi connectivity index (χ1) is 24.6. The van der Waals surface area contributed by atoms with Gasteiger partial charge in [-0.25, -0.2) is 0 Å². The van der Waals surface area contributed by atoms with Crippen LogP contribution >= 0.6 is 0 Å². The molecule has 0 spiro atoms. The van der Waals surface area contributed by atoms with Crippen LogP contribution in [0.3, 0.4) is 0 Å². The Morgan fingerprint density at radius 3 is 2.21 bits per heavy atom. The van der Waals surface area contributed by atoms with Crippen molar-refractivity contribution in [3.63, 3.8) is 0 Å². The van der Waals surface area contributed by atoms with Crippen molar-refractivity contribution in [2.75, 3.05) is 6.54 Å². The van der Waals surface area contributed by atoms with Gasteiger partial charge in [0.1, 0.15) is 6.10 Å². The molecular formula is C47H75NO5. The summed E-state index contributed by atoms with van der Waals surface area (Å²) in [6, 6.07) is 0.373. The molecule has 11 atom stereocenters. The van der Waals surface area contributed by atoms with E-state index in [1.807, 2.05) is 13.8 Å². The van der Waals surface area contributed by atoms with Gasteiger partial charge in [0.25, 0.3) is 0 Å². The Morgan fingerprint density at radius 2 is 1.55 bits per heavy atom. The molecule has 1 aliphatic heterocycles. The highest BCUT2D eigenvalue weighted by Crippen LogP contribution is 2.78. The van der Waals surface area contributed by atoms with Crippen LogP contribution in [0.15, 0.2) is 24.3 Å². The van der Waals surface area contributed by atoms with E-state index in [0.29, 0.717) is 41.5 Å². The van der Waals surface area contributed by atoms with Crippen molar-refractivity contribution in [1.29, 1.82) is 0 Å². The Morgan fingerprint density at radius 1 is 0.830 bits per heavy atom. The molecule has 6 aliphatic rings. The number of aliphatic carboxylic acids is 1. The zero-order valence-corrected chi connectivity index (χ0v) is 35.2. The number of hydrogen-bond acceptors (Lipinski definition) is 4. The highest BCUT2D eigenvalue weighted by molar-refractivity contribution is 5.78. The summed E-state index contributed by atoms with van der Waals surface area (Å²) in [4.78, 5) is 41.4. The van der Waals surface area contributed by atoms with Gasteiger partial charge in [-0.15, -0.1) is 6.58 Å². The molecule has 0 unspecified atom stereocenters. The smallest absolute Gasteiger partial charge is 0.306 e. The van der Waals surface area contributed by atoms with E-state index >= 15 is 0 Å². The normalized spacial score (nSPS) is 41.8. The summed E-state index contributed by atoms with van der Waals surface area (Å²) in [5.41, 5.74) is 2.43. The van der Waals surface area contributed by atoms with Crippen molar-refractivity contribution < 1.29 is 24.2 Å². The van der Waals surface area contributed by atoms with E-state index in [1.54, 1.807) is 0 Å². The monoisotopic (exact) mass is 734 g/mol. The molecule has 6 rings (SSSR count). The van der Waals surface area contributed by atoms with Crippen LogP contribution in [0.25, 0.3) is 0 Å². The molecule has 298 valence electrons. The quantitative estimate of drug-likeness (QED) is 0.169. The van der Waals surface area contributed by atoms with E-state index in [0.717, 1.165) is 64.3 Å². The van der Waals surface area contributed by atoms with E-state index in [4.69, 9.17) is 4.74 Å². The first-order valence-electron chi connectivity index (χ1n) is 21.6. The Bertz CT molecular complexity index is 1480. The summed E-state index contributed by atoms with van der Waals surface area (Å²) in [5, 5.41) is 9.37. The lowest BCUT2D eigenvalue weighted by Gasteiger charge is -2.73. The lowest BCUT2D eigenvalue weighted by atomic mass is 9.32. The molecule has 0 aromatic heterocycles. The summed E-state index contributed by atoms with van der Waals surface area (Å²) in [5.74, 6) is 1.98. The predicted octanol–water partition coefficient (Wildman–Crippen LogP) is 11.2. The van der Waals surface area contributed by atoms with E-state index in [2.05, 4.69) is 66.5 Å². The molecular weight excluding hydrogens is 659 g/mol. The van der Waals surface area contributed by atoms with E-state index < -0.39 is 11.4 Å². The Kier molecular flexibility index (Phi) is 10.8. The van der Waals surface area contributed by atoms with Crippen LogP contribution in [0.5, 0.6) is 0 Å². The van der Waals surface area contributed by atoms with Crippen LogP contribution in [0.2, 0.25) is 0 Å². The number of carbonyl (C=O) groups excluding carboxylic acids is 2. The lowest BCUT2D eigenvalue weighted by Crippen LogP contribution is -2.67. The second-order valence-electron chi connectivity index (χ2n) is 21.9. The van der Waals surface area contributed by atoms with Gasteiger partial charge in [0.2, 0.25) is 5.91 Å². The third-order valence-corrected chi connectivity index (χ3v) is 17.8. The van der Waals surface area contributed by atoms with Crippen LogP contribution < -0.4 is 0 Å². The molecule has 0 bridgehead atoms. The van der Waals surface area contributed by atoms with Gasteiger partial charge in [0.05, 0.1) is 12.8 Å². The van der Waals surface area contributed by atoms with Crippen LogP contribution in [0.1, 0.15) is 171 Å². The summed E-state index contributed by atoms with van der Waals surface area (Å²) in [7, 11) is 0. The highest BCUT2D eigenvalue weighted by Gasteiger charge is 2.71. The Labute approximate surface area is 322 Å². The Balaban J connectivity index is 1.22. The molecule has 1 amide bonds. The summed E-state index contributed by atoms with van der Waals surface area (Å²) in [6.07, 6.45) is 16.5. The van der Waals surface area contributed by atoms with Crippen molar-refractivity contribution >= 4 is 17.8 Å². The molecule has 5 saturated carbocycles. The van der Waals surface area contributed by atoms with Gasteiger partial charge in [-0.3, -0.25) is 14.4 Å². The van der Waals surface area contributed by atoms with Gasteiger partial charge in [0.15, 0.2) is 0 Å². The van der Waals surface area contributed by atoms with Crippen molar-refractivity contribution in [2.45, 2.75) is 184 Å². The summed E-state index contributed by atoms with van der Waals surface area (Å²) >= 11 is 0. The number of hydrogen-bond donors (Lipinski definition) is 1. The molecule has 0 radical (unpaired) electrons. The molecule has 6 fully saturated rings. The Hall–Kier alpha value is -2.11. The average Bonchev–Trinajstić information content (AvgIpc) is 3.66. The number of fused-ring (bicyclic) bond motifs is 7. The summed E-state index contributed by atoms with van der Waals surface area (Å²) in [6.45, 7) is 30.4. The minimum absolute atomic E-state index is 0.0446. The first-order valence-corrected chi connectivity index (χ1v) is 21.6. The van der Waals surface area contributed by atoms with Gasteiger partial charge in [-0.05, 0) is 160 Å². The third kappa shape index (κ3) is 6.89. The van der Waals surface area contributed by atoms with Crippen molar-refractivity contribution in [3.8, 4) is 0 Å². The van der Waals surface area contributed by atoms with Crippen molar-refractivity contribution in [3.05, 3.63) is 24.3 Å². The maximum atomic E-state index is 14.4. The minimum atomic E-state index is -0.879. The van der Waals surface area contributed by atoms with Crippen LogP contribution in [0, 0.1) is 62.1 Å². The fourth-order valence-corrected chi connectivity index (χ4v) is 15.1.